The van der Waals surface area contributed by atoms with E-state index in [1.807, 2.05) is 0 Å². The van der Waals surface area contributed by atoms with Gasteiger partial charge in [-0.2, -0.15) is 0 Å². The Morgan fingerprint density at radius 2 is 1.90 bits per heavy atom. The van der Waals surface area contributed by atoms with Crippen molar-refractivity contribution in [2.75, 3.05) is 19.6 Å². The highest BCUT2D eigenvalue weighted by Gasteiger charge is 2.56. The molecule has 0 unspecified atom stereocenters. The average molecular weight is 284 g/mol. The molecule has 3 nitrogen and oxygen atoms in total. The third kappa shape index (κ3) is 2.28. The van der Waals surface area contributed by atoms with E-state index in [9.17, 15) is 4.79 Å². The minimum atomic E-state index is -0.226. The number of carbonyl (C=O) groups excluding carboxylic acids is 1. The second kappa shape index (κ2) is 4.57. The zero-order valence-electron chi connectivity index (χ0n) is 12.8. The summed E-state index contributed by atoms with van der Waals surface area (Å²) in [6, 6.07) is 8.37. The molecule has 112 valence electrons. The largest absolute Gasteiger partial charge is 0.349 e. The predicted molar refractivity (Wildman–Crippen MR) is 83.3 cm³/mol. The number of likely N-dealkylation sites (tertiary alicyclic amines) is 1. The van der Waals surface area contributed by atoms with Crippen LogP contribution in [0, 0.1) is 6.92 Å². The van der Waals surface area contributed by atoms with E-state index in [0.717, 1.165) is 32.2 Å². The summed E-state index contributed by atoms with van der Waals surface area (Å²) >= 11 is 0. The summed E-state index contributed by atoms with van der Waals surface area (Å²) in [5, 5.41) is 3.41. The van der Waals surface area contributed by atoms with Crippen molar-refractivity contribution in [1.29, 1.82) is 0 Å². The van der Waals surface area contributed by atoms with Crippen LogP contribution in [-0.2, 0) is 10.2 Å². The van der Waals surface area contributed by atoms with Crippen LogP contribution >= 0.6 is 0 Å². The van der Waals surface area contributed by atoms with Gasteiger partial charge in [-0.15, -0.1) is 0 Å². The third-order valence-corrected chi connectivity index (χ3v) is 5.55. The number of hydrogen-bond acceptors (Lipinski definition) is 2. The highest BCUT2D eigenvalue weighted by atomic mass is 16.2. The molecular weight excluding hydrogens is 260 g/mol. The molecule has 0 aromatic heterocycles. The lowest BCUT2D eigenvalue weighted by molar-refractivity contribution is -0.124. The van der Waals surface area contributed by atoms with Crippen molar-refractivity contribution in [1.82, 2.24) is 10.2 Å². The Kier molecular flexibility index (Phi) is 2.90. The molecule has 0 spiro atoms. The lowest BCUT2D eigenvalue weighted by Gasteiger charge is -2.35. The Bertz CT molecular complexity index is 568. The Labute approximate surface area is 126 Å². The zero-order chi connectivity index (χ0) is 14.5. The van der Waals surface area contributed by atoms with Crippen molar-refractivity contribution < 1.29 is 4.79 Å². The number of nitrogens with zero attached hydrogens (tertiary/aromatic N) is 1. The number of aryl methyl sites for hydroxylation is 1. The first kappa shape index (κ1) is 13.3. The van der Waals surface area contributed by atoms with Gasteiger partial charge in [-0.05, 0) is 63.2 Å². The smallest absolute Gasteiger partial charge is 0.231 e. The first-order chi connectivity index (χ1) is 10.1. The molecule has 1 N–H and O–H groups in total. The van der Waals surface area contributed by atoms with Gasteiger partial charge >= 0.3 is 0 Å². The molecule has 1 saturated heterocycles. The average Bonchev–Trinajstić information content (AvgIpc) is 3.31. The molecule has 1 amide bonds. The molecule has 0 radical (unpaired) electrons. The molecule has 1 aromatic carbocycles. The summed E-state index contributed by atoms with van der Waals surface area (Å²) in [6.07, 6.45) is 5.63. The van der Waals surface area contributed by atoms with Crippen LogP contribution in [-0.4, -0.2) is 36.0 Å². The lowest BCUT2D eigenvalue weighted by atomic mass is 9.90. The fraction of sp³-hybridized carbons (Fsp3) is 0.611. The Hall–Kier alpha value is -1.35. The summed E-state index contributed by atoms with van der Waals surface area (Å²) < 4.78 is 0. The summed E-state index contributed by atoms with van der Waals surface area (Å²) in [5.41, 5.74) is 2.35. The molecule has 4 rings (SSSR count). The van der Waals surface area contributed by atoms with Gasteiger partial charge in [-0.3, -0.25) is 4.79 Å². The molecule has 3 fully saturated rings. The van der Waals surface area contributed by atoms with E-state index >= 15 is 0 Å². The van der Waals surface area contributed by atoms with Crippen molar-refractivity contribution >= 4 is 5.91 Å². The van der Waals surface area contributed by atoms with Crippen molar-refractivity contribution in [2.24, 2.45) is 0 Å². The molecule has 3 aliphatic rings. The predicted octanol–water partition coefficient (Wildman–Crippen LogP) is 2.38. The van der Waals surface area contributed by atoms with E-state index in [1.54, 1.807) is 0 Å². The maximum Gasteiger partial charge on any atom is 0.231 e. The van der Waals surface area contributed by atoms with E-state index in [2.05, 4.69) is 41.4 Å². The van der Waals surface area contributed by atoms with Crippen LogP contribution in [0.4, 0.5) is 0 Å². The van der Waals surface area contributed by atoms with Crippen LogP contribution in [0.5, 0.6) is 0 Å². The topological polar surface area (TPSA) is 32.3 Å². The monoisotopic (exact) mass is 284 g/mol. The number of rotatable bonds is 5. The highest BCUT2D eigenvalue weighted by Crippen LogP contribution is 2.50. The Balaban J connectivity index is 1.49. The molecule has 1 aromatic rings. The number of hydrogen-bond donors (Lipinski definition) is 1. The normalized spacial score (nSPS) is 25.0. The van der Waals surface area contributed by atoms with Gasteiger partial charge < -0.3 is 10.2 Å². The summed E-state index contributed by atoms with van der Waals surface area (Å²) in [7, 11) is 0. The minimum Gasteiger partial charge on any atom is -0.349 e. The molecule has 1 aliphatic heterocycles. The summed E-state index contributed by atoms with van der Waals surface area (Å²) in [6.45, 7) is 5.60. The van der Waals surface area contributed by atoms with Gasteiger partial charge in [0.15, 0.2) is 0 Å². The molecule has 3 heteroatoms. The van der Waals surface area contributed by atoms with Crippen LogP contribution in [0.25, 0.3) is 0 Å². The standard InChI is InChI=1S/C18H24N2O/c1-14-5-2-3-6-15(14)18(9-10-18)16(21)19-17(7-8-17)13-20-11-4-12-20/h2-3,5-6H,4,7-13H2,1H3,(H,19,21). The summed E-state index contributed by atoms with van der Waals surface area (Å²) in [5.74, 6) is 0.273. The van der Waals surface area contributed by atoms with Crippen molar-refractivity contribution in [3.8, 4) is 0 Å². The Morgan fingerprint density at radius 1 is 1.19 bits per heavy atom. The van der Waals surface area contributed by atoms with E-state index in [0.29, 0.717) is 0 Å². The maximum absolute atomic E-state index is 12.9. The lowest BCUT2D eigenvalue weighted by Crippen LogP contribution is -2.52. The molecule has 2 aliphatic carbocycles. The number of carbonyl (C=O) groups is 1. The van der Waals surface area contributed by atoms with Gasteiger partial charge in [-0.1, -0.05) is 24.3 Å². The van der Waals surface area contributed by atoms with Crippen LogP contribution < -0.4 is 5.32 Å². The van der Waals surface area contributed by atoms with Gasteiger partial charge in [0, 0.05) is 6.54 Å². The third-order valence-electron chi connectivity index (χ3n) is 5.55. The van der Waals surface area contributed by atoms with Gasteiger partial charge in [0.25, 0.3) is 0 Å². The molecule has 2 saturated carbocycles. The van der Waals surface area contributed by atoms with Crippen molar-refractivity contribution in [3.05, 3.63) is 35.4 Å². The summed E-state index contributed by atoms with van der Waals surface area (Å²) in [4.78, 5) is 15.4. The van der Waals surface area contributed by atoms with Crippen molar-refractivity contribution in [2.45, 2.75) is 50.0 Å². The van der Waals surface area contributed by atoms with E-state index in [1.165, 1.54) is 30.6 Å². The van der Waals surface area contributed by atoms with Crippen LogP contribution in [0.15, 0.2) is 24.3 Å². The second-order valence-electron chi connectivity index (χ2n) is 7.26. The van der Waals surface area contributed by atoms with Gasteiger partial charge in [0.2, 0.25) is 5.91 Å². The Morgan fingerprint density at radius 3 is 2.43 bits per heavy atom. The fourth-order valence-corrected chi connectivity index (χ4v) is 3.66. The first-order valence-electron chi connectivity index (χ1n) is 8.25. The number of amides is 1. The number of benzene rings is 1. The molecule has 0 atom stereocenters. The molecule has 0 bridgehead atoms. The van der Waals surface area contributed by atoms with E-state index < -0.39 is 0 Å². The first-order valence-corrected chi connectivity index (χ1v) is 8.25. The quantitative estimate of drug-likeness (QED) is 0.900. The fourth-order valence-electron chi connectivity index (χ4n) is 3.66. The van der Waals surface area contributed by atoms with E-state index in [-0.39, 0.29) is 16.9 Å². The maximum atomic E-state index is 12.9. The molecule has 21 heavy (non-hydrogen) atoms. The van der Waals surface area contributed by atoms with Crippen molar-refractivity contribution in [3.63, 3.8) is 0 Å². The van der Waals surface area contributed by atoms with Crippen LogP contribution in [0.1, 0.15) is 43.2 Å². The van der Waals surface area contributed by atoms with Gasteiger partial charge in [-0.25, -0.2) is 0 Å². The van der Waals surface area contributed by atoms with Gasteiger partial charge in [0.05, 0.1) is 11.0 Å². The molecule has 1 heterocycles. The SMILES string of the molecule is Cc1ccccc1C1(C(=O)NC2(CN3CCC3)CC2)CC1. The van der Waals surface area contributed by atoms with Crippen LogP contribution in [0.3, 0.4) is 0 Å². The van der Waals surface area contributed by atoms with Crippen LogP contribution in [0.2, 0.25) is 0 Å². The highest BCUT2D eigenvalue weighted by molar-refractivity contribution is 5.92. The van der Waals surface area contributed by atoms with E-state index in [4.69, 9.17) is 0 Å². The second-order valence-corrected chi connectivity index (χ2v) is 7.26. The minimum absolute atomic E-state index is 0.0930. The van der Waals surface area contributed by atoms with Gasteiger partial charge in [0.1, 0.15) is 0 Å². The zero-order valence-corrected chi connectivity index (χ0v) is 12.8. The molecular formula is C18H24N2O. The number of nitrogens with one attached hydrogen (secondary N) is 1.